The molecular weight excluding hydrogens is 358 g/mol. The van der Waals surface area contributed by atoms with Crippen molar-refractivity contribution in [3.8, 4) is 0 Å². The number of hydrogen-bond donors (Lipinski definition) is 0. The summed E-state index contributed by atoms with van der Waals surface area (Å²) in [7, 11) is 0. The second-order valence-electron chi connectivity index (χ2n) is 8.77. The Kier molecular flexibility index (Phi) is 6.30. The predicted octanol–water partition coefficient (Wildman–Crippen LogP) is 3.59. The summed E-state index contributed by atoms with van der Waals surface area (Å²) in [6.45, 7) is 10.2. The minimum absolute atomic E-state index is 0.213. The van der Waals surface area contributed by atoms with Crippen molar-refractivity contribution in [1.29, 1.82) is 0 Å². The molecule has 0 bridgehead atoms. The van der Waals surface area contributed by atoms with Gasteiger partial charge < -0.3 is 14.4 Å². The van der Waals surface area contributed by atoms with E-state index in [9.17, 15) is 9.59 Å². The molecule has 0 unspecified atom stereocenters. The Morgan fingerprint density at radius 2 is 1.89 bits per heavy atom. The summed E-state index contributed by atoms with van der Waals surface area (Å²) in [5.41, 5.74) is 2.34. The number of fused-ring (bicyclic) bond motifs is 1. The summed E-state index contributed by atoms with van der Waals surface area (Å²) in [6.07, 6.45) is 5.74. The molecule has 1 aliphatic carbocycles. The lowest BCUT2D eigenvalue weighted by atomic mass is 9.94. The second kappa shape index (κ2) is 8.53. The first-order valence-electron chi connectivity index (χ1n) is 10.5. The number of rotatable bonds is 5. The zero-order valence-electron chi connectivity index (χ0n) is 17.6. The van der Waals surface area contributed by atoms with Crippen molar-refractivity contribution < 1.29 is 19.1 Å². The van der Waals surface area contributed by atoms with Gasteiger partial charge in [0.15, 0.2) is 5.69 Å². The van der Waals surface area contributed by atoms with E-state index in [0.29, 0.717) is 18.2 Å². The summed E-state index contributed by atoms with van der Waals surface area (Å²) in [5.74, 6) is 0.260. The van der Waals surface area contributed by atoms with Crippen LogP contribution in [0.4, 0.5) is 4.79 Å². The number of hydrogen-bond acceptors (Lipinski definition) is 5. The number of esters is 1. The Balaban J connectivity index is 1.53. The van der Waals surface area contributed by atoms with Crippen LogP contribution < -0.4 is 0 Å². The van der Waals surface area contributed by atoms with Gasteiger partial charge in [-0.1, -0.05) is 0 Å². The monoisotopic (exact) mass is 391 g/mol. The largest absolute Gasteiger partial charge is 0.461 e. The quantitative estimate of drug-likeness (QED) is 0.717. The summed E-state index contributed by atoms with van der Waals surface area (Å²) in [5, 5.41) is 4.58. The number of aryl methyl sites for hydroxylation is 1. The zero-order chi connectivity index (χ0) is 20.3. The Bertz CT molecular complexity index is 712. The van der Waals surface area contributed by atoms with Gasteiger partial charge in [-0.15, -0.1) is 0 Å². The van der Waals surface area contributed by atoms with Crippen molar-refractivity contribution in [3.63, 3.8) is 0 Å². The van der Waals surface area contributed by atoms with Crippen molar-refractivity contribution in [2.24, 2.45) is 5.92 Å². The highest BCUT2D eigenvalue weighted by atomic mass is 16.6. The number of amides is 1. The summed E-state index contributed by atoms with van der Waals surface area (Å²) in [4.78, 5) is 26.2. The van der Waals surface area contributed by atoms with Gasteiger partial charge in [-0.3, -0.25) is 4.68 Å². The molecule has 7 nitrogen and oxygen atoms in total. The first-order chi connectivity index (χ1) is 13.3. The van der Waals surface area contributed by atoms with Crippen molar-refractivity contribution in [1.82, 2.24) is 14.7 Å². The normalized spacial score (nSPS) is 17.5. The highest BCUT2D eigenvalue weighted by Crippen LogP contribution is 2.28. The van der Waals surface area contributed by atoms with Crippen LogP contribution in [0.5, 0.6) is 0 Å². The first-order valence-corrected chi connectivity index (χ1v) is 10.5. The van der Waals surface area contributed by atoms with Gasteiger partial charge in [-0.05, 0) is 72.1 Å². The average Bonchev–Trinajstić information content (AvgIpc) is 3.22. The molecule has 0 radical (unpaired) electrons. The first kappa shape index (κ1) is 20.7. The van der Waals surface area contributed by atoms with Gasteiger partial charge in [-0.2, -0.15) is 5.10 Å². The Labute approximate surface area is 167 Å². The molecule has 1 aromatic rings. The number of ether oxygens (including phenoxy) is 2. The van der Waals surface area contributed by atoms with Gasteiger partial charge in [0.05, 0.1) is 6.61 Å². The molecule has 28 heavy (non-hydrogen) atoms. The predicted molar refractivity (Wildman–Crippen MR) is 105 cm³/mol. The van der Waals surface area contributed by atoms with E-state index in [0.717, 1.165) is 63.7 Å². The van der Waals surface area contributed by atoms with E-state index in [2.05, 4.69) is 5.10 Å². The molecule has 0 N–H and O–H groups in total. The molecule has 0 saturated carbocycles. The minimum Gasteiger partial charge on any atom is -0.461 e. The molecule has 1 amide bonds. The third-order valence-corrected chi connectivity index (χ3v) is 5.49. The molecule has 1 aliphatic heterocycles. The minimum atomic E-state index is -0.453. The molecule has 7 heteroatoms. The number of nitrogens with zero attached hydrogens (tertiary/aromatic N) is 3. The summed E-state index contributed by atoms with van der Waals surface area (Å²) < 4.78 is 12.7. The third kappa shape index (κ3) is 4.86. The van der Waals surface area contributed by atoms with Gasteiger partial charge >= 0.3 is 12.1 Å². The van der Waals surface area contributed by atoms with Crippen LogP contribution in [-0.4, -0.2) is 52.0 Å². The van der Waals surface area contributed by atoms with Crippen LogP contribution in [-0.2, 0) is 28.9 Å². The maximum atomic E-state index is 12.2. The van der Waals surface area contributed by atoms with E-state index < -0.39 is 5.60 Å². The topological polar surface area (TPSA) is 73.7 Å². The van der Waals surface area contributed by atoms with Crippen LogP contribution in [0, 0.1) is 5.92 Å². The van der Waals surface area contributed by atoms with Crippen LogP contribution in [0.3, 0.4) is 0 Å². The van der Waals surface area contributed by atoms with Crippen LogP contribution in [0.2, 0.25) is 0 Å². The maximum absolute atomic E-state index is 12.2. The molecular formula is C21H33N3O4. The van der Waals surface area contributed by atoms with Gasteiger partial charge in [0.2, 0.25) is 0 Å². The van der Waals surface area contributed by atoms with Crippen molar-refractivity contribution >= 4 is 12.1 Å². The van der Waals surface area contributed by atoms with Gasteiger partial charge in [0, 0.05) is 30.9 Å². The SMILES string of the molecule is CCOC(=O)c1nn(CCC2CCN(C(=O)OC(C)(C)C)CC2)c2c1CCC2. The van der Waals surface area contributed by atoms with Crippen molar-refractivity contribution in [2.75, 3.05) is 19.7 Å². The Hall–Kier alpha value is -2.05. The molecule has 0 aromatic carbocycles. The molecule has 3 rings (SSSR count). The molecule has 2 aliphatic rings. The molecule has 156 valence electrons. The molecule has 1 fully saturated rings. The summed E-state index contributed by atoms with van der Waals surface area (Å²) >= 11 is 0. The number of carbonyl (C=O) groups is 2. The second-order valence-corrected chi connectivity index (χ2v) is 8.77. The molecule has 0 atom stereocenters. The van der Waals surface area contributed by atoms with E-state index in [4.69, 9.17) is 9.47 Å². The highest BCUT2D eigenvalue weighted by Gasteiger charge is 2.29. The maximum Gasteiger partial charge on any atom is 0.410 e. The lowest BCUT2D eigenvalue weighted by molar-refractivity contribution is 0.0179. The van der Waals surface area contributed by atoms with Crippen LogP contribution in [0.1, 0.15) is 75.1 Å². The van der Waals surface area contributed by atoms with E-state index in [-0.39, 0.29) is 12.1 Å². The third-order valence-electron chi connectivity index (χ3n) is 5.49. The smallest absolute Gasteiger partial charge is 0.410 e. The van der Waals surface area contributed by atoms with E-state index in [1.54, 1.807) is 0 Å². The van der Waals surface area contributed by atoms with Gasteiger partial charge in [-0.25, -0.2) is 9.59 Å². The van der Waals surface area contributed by atoms with E-state index in [1.165, 1.54) is 5.69 Å². The molecule has 2 heterocycles. The average molecular weight is 392 g/mol. The highest BCUT2D eigenvalue weighted by molar-refractivity contribution is 5.89. The Morgan fingerprint density at radius 1 is 1.18 bits per heavy atom. The lowest BCUT2D eigenvalue weighted by Gasteiger charge is -2.33. The fourth-order valence-electron chi connectivity index (χ4n) is 4.09. The fourth-order valence-corrected chi connectivity index (χ4v) is 4.09. The van der Waals surface area contributed by atoms with Crippen molar-refractivity contribution in [2.45, 2.75) is 78.4 Å². The fraction of sp³-hybridized carbons (Fsp3) is 0.762. The number of likely N-dealkylation sites (tertiary alicyclic amines) is 1. The van der Waals surface area contributed by atoms with Crippen LogP contribution >= 0.6 is 0 Å². The standard InChI is InChI=1S/C21H33N3O4/c1-5-27-19(25)18-16-7-6-8-17(16)24(22-18)14-11-15-9-12-23(13-10-15)20(26)28-21(2,3)4/h15H,5-14H2,1-4H3. The van der Waals surface area contributed by atoms with E-state index in [1.807, 2.05) is 37.3 Å². The van der Waals surface area contributed by atoms with Gasteiger partial charge in [0.25, 0.3) is 0 Å². The number of aromatic nitrogens is 2. The zero-order valence-corrected chi connectivity index (χ0v) is 17.6. The molecule has 0 spiro atoms. The van der Waals surface area contributed by atoms with Crippen LogP contribution in [0.15, 0.2) is 0 Å². The lowest BCUT2D eigenvalue weighted by Crippen LogP contribution is -2.41. The Morgan fingerprint density at radius 3 is 2.54 bits per heavy atom. The van der Waals surface area contributed by atoms with Crippen LogP contribution in [0.25, 0.3) is 0 Å². The summed E-state index contributed by atoms with van der Waals surface area (Å²) in [6, 6.07) is 0. The molecule has 1 saturated heterocycles. The van der Waals surface area contributed by atoms with Gasteiger partial charge in [0.1, 0.15) is 5.60 Å². The molecule has 1 aromatic heterocycles. The van der Waals surface area contributed by atoms with Crippen molar-refractivity contribution in [3.05, 3.63) is 17.0 Å². The van der Waals surface area contributed by atoms with E-state index >= 15 is 0 Å². The number of piperidine rings is 1. The number of carbonyl (C=O) groups excluding carboxylic acids is 2.